The Bertz CT molecular complexity index is 46.3. The predicted molar refractivity (Wildman–Crippen MR) is 42.5 cm³/mol. The van der Waals surface area contributed by atoms with Crippen molar-refractivity contribution in [2.45, 2.75) is 27.2 Å². The number of hydrogen-bond acceptors (Lipinski definition) is 1. The largest absolute Gasteiger partial charge is 0.179 e. The molecule has 0 aromatic carbocycles. The lowest BCUT2D eigenvalue weighted by Crippen LogP contribution is -2.08. The maximum absolute atomic E-state index is 4.24. The Kier molecular flexibility index (Phi) is 4.44. The first-order valence-corrected chi connectivity index (χ1v) is 3.96. The van der Waals surface area contributed by atoms with Crippen LogP contribution in [-0.2, 0) is 0 Å². The summed E-state index contributed by atoms with van der Waals surface area (Å²) < 4.78 is 0. The zero-order valence-corrected chi connectivity index (χ0v) is 6.91. The van der Waals surface area contributed by atoms with Crippen molar-refractivity contribution in [1.82, 2.24) is 0 Å². The van der Waals surface area contributed by atoms with Crippen LogP contribution in [0.4, 0.5) is 0 Å². The van der Waals surface area contributed by atoms with Crippen molar-refractivity contribution < 1.29 is 0 Å². The molecule has 0 amide bonds. The molecule has 1 heteroatoms. The number of rotatable bonds is 3. The van der Waals surface area contributed by atoms with E-state index in [0.29, 0.717) is 0 Å². The van der Waals surface area contributed by atoms with E-state index in [9.17, 15) is 0 Å². The summed E-state index contributed by atoms with van der Waals surface area (Å²) in [5, 5.41) is 0. The highest BCUT2D eigenvalue weighted by Gasteiger charge is 2.06. The minimum absolute atomic E-state index is 0.803. The Morgan fingerprint density at radius 3 is 1.88 bits per heavy atom. The third-order valence-corrected chi connectivity index (χ3v) is 2.17. The average molecular weight is 132 g/mol. The minimum atomic E-state index is 0.803. The van der Waals surface area contributed by atoms with Crippen LogP contribution in [-0.4, -0.2) is 5.75 Å². The van der Waals surface area contributed by atoms with Crippen LogP contribution in [0.3, 0.4) is 0 Å². The molecule has 0 heterocycles. The highest BCUT2D eigenvalue weighted by Crippen LogP contribution is 2.15. The van der Waals surface area contributed by atoms with Crippen LogP contribution in [0.15, 0.2) is 0 Å². The second-order valence-electron chi connectivity index (χ2n) is 2.59. The fraction of sp³-hybridized carbons (Fsp3) is 1.00. The normalized spacial score (nSPS) is 14.6. The predicted octanol–water partition coefficient (Wildman–Crippen LogP) is 2.60. The minimum Gasteiger partial charge on any atom is -0.179 e. The second-order valence-corrected chi connectivity index (χ2v) is 2.96. The first-order valence-electron chi connectivity index (χ1n) is 3.33. The van der Waals surface area contributed by atoms with Gasteiger partial charge in [0.05, 0.1) is 0 Å². The number of hydrogen-bond donors (Lipinski definition) is 1. The fourth-order valence-corrected chi connectivity index (χ4v) is 1.49. The molecule has 0 spiro atoms. The van der Waals surface area contributed by atoms with Gasteiger partial charge in [-0.1, -0.05) is 27.2 Å². The molecule has 0 aliphatic carbocycles. The molecule has 1 atom stereocenters. The molecule has 0 bridgehead atoms. The molecule has 0 nitrogen and oxygen atoms in total. The van der Waals surface area contributed by atoms with Gasteiger partial charge in [-0.2, -0.15) is 12.6 Å². The lowest BCUT2D eigenvalue weighted by atomic mass is 9.96. The van der Waals surface area contributed by atoms with Crippen LogP contribution < -0.4 is 0 Å². The summed E-state index contributed by atoms with van der Waals surface area (Å²) in [7, 11) is 0. The molecule has 0 aliphatic rings. The van der Waals surface area contributed by atoms with E-state index in [4.69, 9.17) is 0 Å². The van der Waals surface area contributed by atoms with Gasteiger partial charge in [0.25, 0.3) is 0 Å². The first-order chi connectivity index (χ1) is 3.72. The SMILES string of the molecule is CCC(CS)C(C)C. The van der Waals surface area contributed by atoms with Crippen molar-refractivity contribution in [2.75, 3.05) is 5.75 Å². The molecule has 0 saturated heterocycles. The maximum atomic E-state index is 4.24. The van der Waals surface area contributed by atoms with E-state index in [2.05, 4.69) is 33.4 Å². The molecule has 0 saturated carbocycles. The summed E-state index contributed by atoms with van der Waals surface area (Å²) >= 11 is 4.24. The van der Waals surface area contributed by atoms with Gasteiger partial charge in [-0.15, -0.1) is 0 Å². The monoisotopic (exact) mass is 132 g/mol. The van der Waals surface area contributed by atoms with E-state index in [1.165, 1.54) is 6.42 Å². The Balaban J connectivity index is 3.35. The Labute approximate surface area is 58.1 Å². The Morgan fingerprint density at radius 1 is 1.38 bits per heavy atom. The van der Waals surface area contributed by atoms with E-state index < -0.39 is 0 Å². The van der Waals surface area contributed by atoms with Gasteiger partial charge >= 0.3 is 0 Å². The van der Waals surface area contributed by atoms with Crippen molar-refractivity contribution in [2.24, 2.45) is 11.8 Å². The van der Waals surface area contributed by atoms with Crippen LogP contribution >= 0.6 is 12.6 Å². The third-order valence-electron chi connectivity index (χ3n) is 1.70. The maximum Gasteiger partial charge on any atom is -0.00672 e. The molecule has 50 valence electrons. The zero-order valence-electron chi connectivity index (χ0n) is 6.02. The van der Waals surface area contributed by atoms with Crippen molar-refractivity contribution >= 4 is 12.6 Å². The van der Waals surface area contributed by atoms with Gasteiger partial charge < -0.3 is 0 Å². The molecular formula is C7H16S. The van der Waals surface area contributed by atoms with E-state index in [1.54, 1.807) is 0 Å². The topological polar surface area (TPSA) is 0 Å². The third kappa shape index (κ3) is 2.61. The fourth-order valence-electron chi connectivity index (χ4n) is 0.811. The van der Waals surface area contributed by atoms with Crippen molar-refractivity contribution in [3.63, 3.8) is 0 Å². The van der Waals surface area contributed by atoms with Crippen molar-refractivity contribution in [3.8, 4) is 0 Å². The smallest absolute Gasteiger partial charge is 0.00672 e. The summed E-state index contributed by atoms with van der Waals surface area (Å²) in [6, 6.07) is 0. The van der Waals surface area contributed by atoms with Crippen LogP contribution in [0.2, 0.25) is 0 Å². The van der Waals surface area contributed by atoms with Gasteiger partial charge in [0.2, 0.25) is 0 Å². The van der Waals surface area contributed by atoms with Crippen LogP contribution in [0.5, 0.6) is 0 Å². The Morgan fingerprint density at radius 2 is 1.88 bits per heavy atom. The quantitative estimate of drug-likeness (QED) is 0.561. The van der Waals surface area contributed by atoms with Crippen LogP contribution in [0.1, 0.15) is 27.2 Å². The molecular weight excluding hydrogens is 116 g/mol. The van der Waals surface area contributed by atoms with E-state index in [0.717, 1.165) is 17.6 Å². The van der Waals surface area contributed by atoms with Crippen LogP contribution in [0, 0.1) is 11.8 Å². The van der Waals surface area contributed by atoms with E-state index in [1.807, 2.05) is 0 Å². The number of thiol groups is 1. The first kappa shape index (κ1) is 8.35. The molecule has 0 radical (unpaired) electrons. The van der Waals surface area contributed by atoms with Gasteiger partial charge in [-0.3, -0.25) is 0 Å². The van der Waals surface area contributed by atoms with E-state index >= 15 is 0 Å². The molecule has 0 aliphatic heterocycles. The van der Waals surface area contributed by atoms with Crippen LogP contribution in [0.25, 0.3) is 0 Å². The molecule has 0 aromatic rings. The van der Waals surface area contributed by atoms with Gasteiger partial charge in [0, 0.05) is 0 Å². The lowest BCUT2D eigenvalue weighted by molar-refractivity contribution is 0.416. The second kappa shape index (κ2) is 4.25. The van der Waals surface area contributed by atoms with Crippen molar-refractivity contribution in [3.05, 3.63) is 0 Å². The zero-order chi connectivity index (χ0) is 6.57. The van der Waals surface area contributed by atoms with E-state index in [-0.39, 0.29) is 0 Å². The van der Waals surface area contributed by atoms with Gasteiger partial charge in [0.15, 0.2) is 0 Å². The molecule has 0 fully saturated rings. The lowest BCUT2D eigenvalue weighted by Gasteiger charge is -2.14. The molecule has 0 aromatic heterocycles. The molecule has 0 rings (SSSR count). The standard InChI is InChI=1S/C7H16S/c1-4-7(5-8)6(2)3/h6-8H,4-5H2,1-3H3. The molecule has 8 heavy (non-hydrogen) atoms. The summed E-state index contributed by atoms with van der Waals surface area (Å²) in [5.41, 5.74) is 0. The summed E-state index contributed by atoms with van der Waals surface area (Å²) in [6.07, 6.45) is 1.27. The highest BCUT2D eigenvalue weighted by atomic mass is 32.1. The van der Waals surface area contributed by atoms with Gasteiger partial charge in [-0.05, 0) is 17.6 Å². The summed E-state index contributed by atoms with van der Waals surface area (Å²) in [6.45, 7) is 6.73. The average Bonchev–Trinajstić information content (AvgIpc) is 1.69. The van der Waals surface area contributed by atoms with Gasteiger partial charge in [0.1, 0.15) is 0 Å². The van der Waals surface area contributed by atoms with Gasteiger partial charge in [-0.25, -0.2) is 0 Å². The summed E-state index contributed by atoms with van der Waals surface area (Å²) in [4.78, 5) is 0. The summed E-state index contributed by atoms with van der Waals surface area (Å²) in [5.74, 6) is 2.66. The molecule has 1 unspecified atom stereocenters. The van der Waals surface area contributed by atoms with Crippen molar-refractivity contribution in [1.29, 1.82) is 0 Å². The highest BCUT2D eigenvalue weighted by molar-refractivity contribution is 7.80. The Hall–Kier alpha value is 0.350. The molecule has 0 N–H and O–H groups in total.